The van der Waals surface area contributed by atoms with Crippen LogP contribution in [0.4, 0.5) is 24.5 Å². The molecule has 26 heavy (non-hydrogen) atoms. The Bertz CT molecular complexity index is 804. The number of anilines is 2. The number of hydrogen-bond donors (Lipinski definition) is 3. The second-order valence-corrected chi connectivity index (χ2v) is 6.55. The lowest BCUT2D eigenvalue weighted by Crippen LogP contribution is -2.22. The first-order chi connectivity index (χ1) is 12.3. The molecule has 140 valence electrons. The lowest BCUT2D eigenvalue weighted by molar-refractivity contribution is 0.00897. The number of ether oxygens (including phenoxy) is 1. The number of aliphatic hydroxyl groups is 2. The molecule has 1 atom stereocenters. The minimum atomic E-state index is -1.33. The largest absolute Gasteiger partial charge is 0.394 e. The number of rotatable bonds is 8. The van der Waals surface area contributed by atoms with Gasteiger partial charge in [0, 0.05) is 9.13 Å². The number of hydrogen-bond acceptors (Lipinski definition) is 5. The van der Waals surface area contributed by atoms with Crippen LogP contribution in [0.1, 0.15) is 10.4 Å². The van der Waals surface area contributed by atoms with E-state index >= 15 is 0 Å². The first-order valence-corrected chi connectivity index (χ1v) is 8.51. The van der Waals surface area contributed by atoms with Gasteiger partial charge in [-0.1, -0.05) is 0 Å². The van der Waals surface area contributed by atoms with Crippen molar-refractivity contribution in [3.63, 3.8) is 0 Å². The molecule has 0 bridgehead atoms. The molecule has 0 heterocycles. The van der Waals surface area contributed by atoms with Gasteiger partial charge < -0.3 is 20.3 Å². The van der Waals surface area contributed by atoms with Crippen LogP contribution in [0.15, 0.2) is 30.3 Å². The Kier molecular flexibility index (Phi) is 7.38. The van der Waals surface area contributed by atoms with Crippen molar-refractivity contribution in [1.82, 2.24) is 0 Å². The predicted molar refractivity (Wildman–Crippen MR) is 97.0 cm³/mol. The fraction of sp³-hybridized carbons (Fsp3) is 0.235. The summed E-state index contributed by atoms with van der Waals surface area (Å²) in [6.07, 6.45) is -1.16. The fourth-order valence-electron chi connectivity index (χ4n) is 2.05. The van der Waals surface area contributed by atoms with E-state index in [0.29, 0.717) is 3.57 Å². The van der Waals surface area contributed by atoms with Gasteiger partial charge in [-0.25, -0.2) is 13.2 Å². The van der Waals surface area contributed by atoms with Gasteiger partial charge in [0.2, 0.25) is 0 Å². The van der Waals surface area contributed by atoms with Crippen molar-refractivity contribution in [2.24, 2.45) is 0 Å². The number of Topliss-reactive ketones (excluding diaryl/α,β-unsaturated/α-hetero) is 1. The van der Waals surface area contributed by atoms with Gasteiger partial charge in [-0.2, -0.15) is 0 Å². The second kappa shape index (κ2) is 9.31. The van der Waals surface area contributed by atoms with Crippen molar-refractivity contribution in [2.45, 2.75) is 6.10 Å². The zero-order valence-corrected chi connectivity index (χ0v) is 15.5. The maximum atomic E-state index is 14.2. The van der Waals surface area contributed by atoms with E-state index in [1.54, 1.807) is 6.07 Å². The zero-order chi connectivity index (χ0) is 19.3. The number of ketones is 1. The standard InChI is InChI=1S/C17H15F3INO4/c18-12-3-2-11(15(25)8-26-7-10(24)6-23)17(16(12)20)22-14-4-1-9(21)5-13(14)19/h1-5,10,22-24H,6-8H2/t10-/m1/s1. The average Bonchev–Trinajstić information content (AvgIpc) is 2.60. The highest BCUT2D eigenvalue weighted by molar-refractivity contribution is 14.1. The van der Waals surface area contributed by atoms with Crippen molar-refractivity contribution in [1.29, 1.82) is 0 Å². The van der Waals surface area contributed by atoms with Crippen molar-refractivity contribution in [3.05, 3.63) is 56.9 Å². The third-order valence-corrected chi connectivity index (χ3v) is 4.01. The Hall–Kier alpha value is -1.69. The summed E-state index contributed by atoms with van der Waals surface area (Å²) in [5.41, 5.74) is -0.873. The number of halogens is 4. The lowest BCUT2D eigenvalue weighted by Gasteiger charge is -2.14. The molecule has 0 fully saturated rings. The van der Waals surface area contributed by atoms with Gasteiger partial charge in [-0.05, 0) is 52.9 Å². The molecule has 5 nitrogen and oxygen atoms in total. The smallest absolute Gasteiger partial charge is 0.190 e. The summed E-state index contributed by atoms with van der Waals surface area (Å²) in [6, 6.07) is 5.93. The first kappa shape index (κ1) is 20.6. The van der Waals surface area contributed by atoms with Gasteiger partial charge in [0.05, 0.1) is 24.6 Å². The van der Waals surface area contributed by atoms with Crippen molar-refractivity contribution in [2.75, 3.05) is 25.1 Å². The van der Waals surface area contributed by atoms with Gasteiger partial charge in [0.15, 0.2) is 17.4 Å². The third kappa shape index (κ3) is 5.16. The number of benzene rings is 2. The maximum absolute atomic E-state index is 14.2. The average molecular weight is 481 g/mol. The van der Waals surface area contributed by atoms with Gasteiger partial charge in [0.25, 0.3) is 0 Å². The molecule has 2 aromatic carbocycles. The van der Waals surface area contributed by atoms with Gasteiger partial charge in [0.1, 0.15) is 18.5 Å². The van der Waals surface area contributed by atoms with E-state index in [-0.39, 0.29) is 17.9 Å². The maximum Gasteiger partial charge on any atom is 0.190 e. The highest BCUT2D eigenvalue weighted by Crippen LogP contribution is 2.28. The summed E-state index contributed by atoms with van der Waals surface area (Å²) in [5.74, 6) is -3.93. The monoisotopic (exact) mass is 481 g/mol. The molecule has 0 saturated heterocycles. The minimum Gasteiger partial charge on any atom is -0.394 e. The van der Waals surface area contributed by atoms with E-state index in [9.17, 15) is 23.1 Å². The molecular formula is C17H15F3INO4. The van der Waals surface area contributed by atoms with Crippen molar-refractivity contribution < 1.29 is 32.9 Å². The van der Waals surface area contributed by atoms with E-state index in [2.05, 4.69) is 5.32 Å². The SMILES string of the molecule is O=C(COC[C@H](O)CO)c1ccc(F)c(F)c1Nc1ccc(I)cc1F. The summed E-state index contributed by atoms with van der Waals surface area (Å²) in [4.78, 5) is 12.2. The Morgan fingerprint density at radius 1 is 1.19 bits per heavy atom. The lowest BCUT2D eigenvalue weighted by atomic mass is 10.1. The van der Waals surface area contributed by atoms with Gasteiger partial charge in [-0.3, -0.25) is 4.79 Å². The Balaban J connectivity index is 2.27. The third-order valence-electron chi connectivity index (χ3n) is 3.34. The first-order valence-electron chi connectivity index (χ1n) is 7.43. The predicted octanol–water partition coefficient (Wildman–Crippen LogP) is 3.00. The van der Waals surface area contributed by atoms with Crippen LogP contribution in [0, 0.1) is 21.0 Å². The Morgan fingerprint density at radius 2 is 1.92 bits per heavy atom. The molecule has 0 radical (unpaired) electrons. The van der Waals surface area contributed by atoms with Crippen molar-refractivity contribution in [3.8, 4) is 0 Å². The number of nitrogens with one attached hydrogen (secondary N) is 1. The Morgan fingerprint density at radius 3 is 2.58 bits per heavy atom. The van der Waals surface area contributed by atoms with E-state index in [1.165, 1.54) is 12.1 Å². The van der Waals surface area contributed by atoms with Crippen LogP contribution < -0.4 is 5.32 Å². The molecule has 2 aromatic rings. The van der Waals surface area contributed by atoms with Crippen LogP contribution >= 0.6 is 22.6 Å². The molecule has 3 N–H and O–H groups in total. The molecule has 0 amide bonds. The molecular weight excluding hydrogens is 466 g/mol. The molecule has 0 saturated carbocycles. The van der Waals surface area contributed by atoms with E-state index in [4.69, 9.17) is 9.84 Å². The van der Waals surface area contributed by atoms with Gasteiger partial charge >= 0.3 is 0 Å². The van der Waals surface area contributed by atoms with E-state index in [0.717, 1.165) is 12.1 Å². The summed E-state index contributed by atoms with van der Waals surface area (Å²) in [5, 5.41) is 20.3. The molecule has 0 aliphatic heterocycles. The van der Waals surface area contributed by atoms with Crippen LogP contribution in [0.5, 0.6) is 0 Å². The van der Waals surface area contributed by atoms with Crippen molar-refractivity contribution >= 4 is 39.7 Å². The summed E-state index contributed by atoms with van der Waals surface area (Å²) in [6.45, 7) is -1.38. The highest BCUT2D eigenvalue weighted by Gasteiger charge is 2.20. The summed E-state index contributed by atoms with van der Waals surface area (Å²) in [7, 11) is 0. The van der Waals surface area contributed by atoms with Crippen LogP contribution in [0.3, 0.4) is 0 Å². The van der Waals surface area contributed by atoms with E-state index in [1.807, 2.05) is 22.6 Å². The molecule has 0 aromatic heterocycles. The molecule has 2 rings (SSSR count). The molecule has 0 spiro atoms. The Labute approximate surface area is 160 Å². The normalized spacial score (nSPS) is 12.1. The molecule has 0 aliphatic carbocycles. The zero-order valence-electron chi connectivity index (χ0n) is 13.3. The quantitative estimate of drug-likeness (QED) is 0.400. The van der Waals surface area contributed by atoms with Crippen LogP contribution in [0.2, 0.25) is 0 Å². The van der Waals surface area contributed by atoms with Gasteiger partial charge in [-0.15, -0.1) is 0 Å². The number of carbonyl (C=O) groups excluding carboxylic acids is 1. The van der Waals surface area contributed by atoms with Crippen LogP contribution in [-0.4, -0.2) is 41.9 Å². The molecule has 0 unspecified atom stereocenters. The minimum absolute atomic E-state index is 0.124. The van der Waals surface area contributed by atoms with E-state index < -0.39 is 48.2 Å². The fourth-order valence-corrected chi connectivity index (χ4v) is 2.50. The second-order valence-electron chi connectivity index (χ2n) is 5.31. The van der Waals surface area contributed by atoms with Crippen LogP contribution in [0.25, 0.3) is 0 Å². The summed E-state index contributed by atoms with van der Waals surface area (Å²) < 4.78 is 47.3. The van der Waals surface area contributed by atoms with Crippen LogP contribution in [-0.2, 0) is 4.74 Å². The molecule has 9 heteroatoms. The number of carbonyl (C=O) groups is 1. The number of aliphatic hydroxyl groups excluding tert-OH is 2. The summed E-state index contributed by atoms with van der Waals surface area (Å²) >= 11 is 1.90. The topological polar surface area (TPSA) is 78.8 Å². The highest BCUT2D eigenvalue weighted by atomic mass is 127. The molecule has 0 aliphatic rings.